The molecule has 4 aromatic heterocycles. The molecule has 5 heterocycles. The van der Waals surface area contributed by atoms with Crippen molar-refractivity contribution in [1.82, 2.24) is 23.7 Å². The van der Waals surface area contributed by atoms with Crippen molar-refractivity contribution < 1.29 is 4.39 Å². The van der Waals surface area contributed by atoms with Gasteiger partial charge in [-0.3, -0.25) is 9.20 Å². The number of imidazole rings is 1. The first kappa shape index (κ1) is 18.7. The summed E-state index contributed by atoms with van der Waals surface area (Å²) < 4.78 is 17.7. The molecule has 1 saturated heterocycles. The van der Waals surface area contributed by atoms with Gasteiger partial charge in [-0.25, -0.2) is 14.4 Å². The van der Waals surface area contributed by atoms with Crippen LogP contribution in [0.15, 0.2) is 47.7 Å². The molecule has 0 unspecified atom stereocenters. The van der Waals surface area contributed by atoms with Crippen LogP contribution in [0.25, 0.3) is 22.6 Å². The fraction of sp³-hybridized carbons (Fsp3) is 0.318. The quantitative estimate of drug-likeness (QED) is 0.524. The number of nitrogens with zero attached hydrogens (tertiary/aromatic N) is 6. The molecule has 1 atom stereocenters. The number of anilines is 1. The highest BCUT2D eigenvalue weighted by Gasteiger charge is 2.24. The van der Waals surface area contributed by atoms with Crippen LogP contribution in [-0.4, -0.2) is 56.9 Å². The molecule has 0 radical (unpaired) electrons. The Morgan fingerprint density at radius 2 is 1.97 bits per heavy atom. The Bertz CT molecular complexity index is 1320. The monoisotopic (exact) mass is 406 g/mol. The Hall–Kier alpha value is -3.26. The van der Waals surface area contributed by atoms with E-state index in [-0.39, 0.29) is 11.2 Å². The summed E-state index contributed by atoms with van der Waals surface area (Å²) in [6.45, 7) is 3.70. The average molecular weight is 406 g/mol. The lowest BCUT2D eigenvalue weighted by Crippen LogP contribution is -2.31. The molecule has 154 valence electrons. The maximum Gasteiger partial charge on any atom is 0.258 e. The van der Waals surface area contributed by atoms with Crippen molar-refractivity contribution in [3.63, 3.8) is 0 Å². The number of fused-ring (bicyclic) bond motifs is 2. The highest BCUT2D eigenvalue weighted by Crippen LogP contribution is 2.24. The van der Waals surface area contributed by atoms with Crippen LogP contribution in [0.5, 0.6) is 0 Å². The fourth-order valence-electron chi connectivity index (χ4n) is 4.14. The zero-order chi connectivity index (χ0) is 21.0. The third kappa shape index (κ3) is 3.13. The van der Waals surface area contributed by atoms with Crippen LogP contribution in [-0.2, 0) is 0 Å². The van der Waals surface area contributed by atoms with Gasteiger partial charge in [0.25, 0.3) is 5.56 Å². The van der Waals surface area contributed by atoms with Crippen molar-refractivity contribution in [2.45, 2.75) is 19.4 Å². The van der Waals surface area contributed by atoms with E-state index in [9.17, 15) is 9.18 Å². The SMILES string of the molecule is Cc1cn2cc(-c3cc(=O)n4cc(N5CC[C@@H](N(C)C)C5)ccc4n3)cc(F)c2n1. The van der Waals surface area contributed by atoms with Gasteiger partial charge in [0.1, 0.15) is 5.65 Å². The zero-order valence-corrected chi connectivity index (χ0v) is 17.2. The molecule has 0 saturated carbocycles. The van der Waals surface area contributed by atoms with Gasteiger partial charge in [0.2, 0.25) is 0 Å². The second-order valence-corrected chi connectivity index (χ2v) is 8.14. The molecule has 0 aromatic carbocycles. The van der Waals surface area contributed by atoms with Crippen molar-refractivity contribution in [2.75, 3.05) is 32.1 Å². The first-order valence-electron chi connectivity index (χ1n) is 9.99. The minimum Gasteiger partial charge on any atom is -0.369 e. The summed E-state index contributed by atoms with van der Waals surface area (Å²) in [5.41, 5.74) is 3.31. The Kier molecular flexibility index (Phi) is 4.32. The van der Waals surface area contributed by atoms with E-state index in [1.807, 2.05) is 25.3 Å². The van der Waals surface area contributed by atoms with E-state index >= 15 is 0 Å². The summed E-state index contributed by atoms with van der Waals surface area (Å²) in [4.78, 5) is 26.2. The molecule has 1 aliphatic rings. The lowest BCUT2D eigenvalue weighted by atomic mass is 10.2. The van der Waals surface area contributed by atoms with Crippen LogP contribution in [0.2, 0.25) is 0 Å². The highest BCUT2D eigenvalue weighted by molar-refractivity contribution is 5.64. The summed E-state index contributed by atoms with van der Waals surface area (Å²) in [5, 5.41) is 0. The molecular weight excluding hydrogens is 383 g/mol. The maximum absolute atomic E-state index is 14.5. The van der Waals surface area contributed by atoms with Gasteiger partial charge in [0.05, 0.1) is 17.1 Å². The van der Waals surface area contributed by atoms with E-state index in [2.05, 4.69) is 33.9 Å². The van der Waals surface area contributed by atoms with E-state index in [1.165, 1.54) is 12.1 Å². The van der Waals surface area contributed by atoms with Gasteiger partial charge < -0.3 is 14.2 Å². The molecule has 7 nitrogen and oxygen atoms in total. The highest BCUT2D eigenvalue weighted by atomic mass is 19.1. The summed E-state index contributed by atoms with van der Waals surface area (Å²) >= 11 is 0. The molecule has 8 heteroatoms. The predicted molar refractivity (Wildman–Crippen MR) is 115 cm³/mol. The lowest BCUT2D eigenvalue weighted by Gasteiger charge is -2.22. The first-order chi connectivity index (χ1) is 14.4. The Labute approximate surface area is 173 Å². The Balaban J connectivity index is 1.54. The van der Waals surface area contributed by atoms with E-state index in [1.54, 1.807) is 21.2 Å². The molecule has 0 spiro atoms. The lowest BCUT2D eigenvalue weighted by molar-refractivity contribution is 0.315. The summed E-state index contributed by atoms with van der Waals surface area (Å²) in [5.74, 6) is -0.442. The molecule has 5 rings (SSSR count). The number of hydrogen-bond donors (Lipinski definition) is 0. The smallest absolute Gasteiger partial charge is 0.258 e. The summed E-state index contributed by atoms with van der Waals surface area (Å²) in [6.07, 6.45) is 6.43. The number of halogens is 1. The van der Waals surface area contributed by atoms with Crippen LogP contribution in [0.4, 0.5) is 10.1 Å². The molecule has 0 aliphatic carbocycles. The standard InChI is InChI=1S/C22H23FN6O/c1-14-10-28-11-15(8-18(23)22(28)24-14)19-9-21(30)29-13-17(4-5-20(29)25-19)27-7-6-16(12-27)26(2)3/h4-5,8-11,13,16H,6-7,12H2,1-3H3/t16-/m1/s1. The number of aryl methyl sites for hydroxylation is 1. The van der Waals surface area contributed by atoms with Crippen LogP contribution in [0, 0.1) is 12.7 Å². The summed E-state index contributed by atoms with van der Waals surface area (Å²) in [7, 11) is 4.19. The van der Waals surface area contributed by atoms with Gasteiger partial charge in [-0.2, -0.15) is 0 Å². The summed E-state index contributed by atoms with van der Waals surface area (Å²) in [6, 6.07) is 7.18. The Morgan fingerprint density at radius 1 is 1.13 bits per heavy atom. The molecular formula is C22H23FN6O. The van der Waals surface area contributed by atoms with E-state index < -0.39 is 5.82 Å². The third-order valence-electron chi connectivity index (χ3n) is 5.83. The van der Waals surface area contributed by atoms with Gasteiger partial charge in [0, 0.05) is 49.4 Å². The average Bonchev–Trinajstić information content (AvgIpc) is 3.34. The van der Waals surface area contributed by atoms with Crippen LogP contribution in [0.1, 0.15) is 12.1 Å². The van der Waals surface area contributed by atoms with Crippen molar-refractivity contribution in [3.05, 3.63) is 64.7 Å². The molecule has 4 aromatic rings. The maximum atomic E-state index is 14.5. The van der Waals surface area contributed by atoms with E-state index in [0.717, 1.165) is 30.9 Å². The molecule has 0 bridgehead atoms. The molecule has 0 amide bonds. The number of hydrogen-bond acceptors (Lipinski definition) is 5. The predicted octanol–water partition coefficient (Wildman–Crippen LogP) is 2.60. The van der Waals surface area contributed by atoms with E-state index in [0.29, 0.717) is 22.9 Å². The largest absolute Gasteiger partial charge is 0.369 e. The number of aromatic nitrogens is 4. The van der Waals surface area contributed by atoms with E-state index in [4.69, 9.17) is 0 Å². The number of likely N-dealkylation sites (N-methyl/N-ethyl adjacent to an activating group) is 1. The molecule has 1 fully saturated rings. The third-order valence-corrected chi connectivity index (χ3v) is 5.83. The molecule has 0 N–H and O–H groups in total. The zero-order valence-electron chi connectivity index (χ0n) is 17.2. The molecule has 30 heavy (non-hydrogen) atoms. The Morgan fingerprint density at radius 3 is 2.73 bits per heavy atom. The minimum absolute atomic E-state index is 0.192. The van der Waals surface area contributed by atoms with Crippen molar-refractivity contribution in [1.29, 1.82) is 0 Å². The number of rotatable bonds is 3. The van der Waals surface area contributed by atoms with Gasteiger partial charge in [-0.05, 0) is 45.6 Å². The fourth-order valence-corrected chi connectivity index (χ4v) is 4.14. The van der Waals surface area contributed by atoms with Crippen LogP contribution >= 0.6 is 0 Å². The normalized spacial score (nSPS) is 17.0. The van der Waals surface area contributed by atoms with Gasteiger partial charge in [0.15, 0.2) is 11.5 Å². The van der Waals surface area contributed by atoms with Gasteiger partial charge in [-0.15, -0.1) is 0 Å². The van der Waals surface area contributed by atoms with Crippen LogP contribution in [0.3, 0.4) is 0 Å². The second-order valence-electron chi connectivity index (χ2n) is 8.14. The first-order valence-corrected chi connectivity index (χ1v) is 9.99. The second kappa shape index (κ2) is 6.91. The van der Waals surface area contributed by atoms with Gasteiger partial charge >= 0.3 is 0 Å². The number of pyridine rings is 2. The minimum atomic E-state index is -0.442. The van der Waals surface area contributed by atoms with Crippen molar-refractivity contribution in [2.24, 2.45) is 0 Å². The topological polar surface area (TPSA) is 58.2 Å². The van der Waals surface area contributed by atoms with Gasteiger partial charge in [-0.1, -0.05) is 0 Å². The van der Waals surface area contributed by atoms with Crippen LogP contribution < -0.4 is 10.5 Å². The molecule has 1 aliphatic heterocycles. The van der Waals surface area contributed by atoms with Crippen molar-refractivity contribution >= 4 is 17.0 Å². The van der Waals surface area contributed by atoms with Crippen molar-refractivity contribution in [3.8, 4) is 11.3 Å².